The van der Waals surface area contributed by atoms with Crippen molar-refractivity contribution < 1.29 is 14.1 Å². The van der Waals surface area contributed by atoms with E-state index in [0.717, 1.165) is 29.9 Å². The molecule has 1 aromatic carbocycles. The molecule has 1 aromatic heterocycles. The molecule has 3 amide bonds. The van der Waals surface area contributed by atoms with Gasteiger partial charge in [-0.3, -0.25) is 4.79 Å². The highest BCUT2D eigenvalue weighted by atomic mass is 16.5. The molecule has 0 radical (unpaired) electrons. The first-order valence-electron chi connectivity index (χ1n) is 8.83. The van der Waals surface area contributed by atoms with E-state index in [1.165, 1.54) is 5.56 Å². The van der Waals surface area contributed by atoms with Crippen LogP contribution in [0.5, 0.6) is 0 Å². The monoisotopic (exact) mass is 356 g/mol. The minimum Gasteiger partial charge on any atom is -0.361 e. The Kier molecular flexibility index (Phi) is 5.55. The maximum atomic E-state index is 12.5. The van der Waals surface area contributed by atoms with Crippen LogP contribution in [0.25, 0.3) is 0 Å². The van der Waals surface area contributed by atoms with Crippen molar-refractivity contribution in [3.8, 4) is 0 Å². The molecule has 1 aliphatic heterocycles. The van der Waals surface area contributed by atoms with E-state index in [1.54, 1.807) is 4.90 Å². The normalized spacial score (nSPS) is 16.5. The average molecular weight is 356 g/mol. The average Bonchev–Trinajstić information content (AvgIpc) is 3.27. The predicted molar refractivity (Wildman–Crippen MR) is 96.3 cm³/mol. The lowest BCUT2D eigenvalue weighted by atomic mass is 10.1. The number of benzene rings is 1. The lowest BCUT2D eigenvalue weighted by Gasteiger charge is -2.23. The number of nitrogens with one attached hydrogen (secondary N) is 2. The van der Waals surface area contributed by atoms with Gasteiger partial charge in [-0.25, -0.2) is 4.79 Å². The van der Waals surface area contributed by atoms with Gasteiger partial charge in [0.1, 0.15) is 11.5 Å². The minimum atomic E-state index is -0.355. The summed E-state index contributed by atoms with van der Waals surface area (Å²) < 4.78 is 5.12. The Morgan fingerprint density at radius 1 is 1.23 bits per heavy atom. The number of carbonyl (C=O) groups is 2. The van der Waals surface area contributed by atoms with Crippen LogP contribution in [0, 0.1) is 13.8 Å². The van der Waals surface area contributed by atoms with Crippen molar-refractivity contribution >= 4 is 11.9 Å². The zero-order chi connectivity index (χ0) is 18.5. The molecule has 0 spiro atoms. The molecule has 1 unspecified atom stereocenters. The van der Waals surface area contributed by atoms with E-state index in [9.17, 15) is 9.59 Å². The van der Waals surface area contributed by atoms with Crippen LogP contribution in [-0.2, 0) is 11.3 Å². The third kappa shape index (κ3) is 4.41. The first kappa shape index (κ1) is 18.0. The van der Waals surface area contributed by atoms with Gasteiger partial charge < -0.3 is 20.1 Å². The molecule has 1 aliphatic rings. The van der Waals surface area contributed by atoms with E-state index in [2.05, 4.69) is 15.8 Å². The topological polar surface area (TPSA) is 87.5 Å². The van der Waals surface area contributed by atoms with E-state index in [-0.39, 0.29) is 24.5 Å². The molecule has 1 saturated heterocycles. The fourth-order valence-corrected chi connectivity index (χ4v) is 3.12. The van der Waals surface area contributed by atoms with Crippen molar-refractivity contribution in [2.45, 2.75) is 39.3 Å². The Morgan fingerprint density at radius 2 is 2.00 bits per heavy atom. The third-order valence-electron chi connectivity index (χ3n) is 4.53. The number of amides is 3. The summed E-state index contributed by atoms with van der Waals surface area (Å²) in [5.74, 6) is 0.617. The molecule has 0 saturated carbocycles. The van der Waals surface area contributed by atoms with E-state index in [0.29, 0.717) is 13.1 Å². The van der Waals surface area contributed by atoms with Crippen LogP contribution in [0.1, 0.15) is 41.5 Å². The molecule has 2 N–H and O–H groups in total. The number of aryl methyl sites for hydroxylation is 2. The lowest BCUT2D eigenvalue weighted by molar-refractivity contribution is -0.131. The fraction of sp³-hybridized carbons (Fsp3) is 0.421. The van der Waals surface area contributed by atoms with Crippen LogP contribution in [0.15, 0.2) is 34.9 Å². The van der Waals surface area contributed by atoms with Crippen molar-refractivity contribution in [1.29, 1.82) is 0 Å². The van der Waals surface area contributed by atoms with Crippen LogP contribution in [0.4, 0.5) is 4.79 Å². The van der Waals surface area contributed by atoms with E-state index >= 15 is 0 Å². The Morgan fingerprint density at radius 3 is 2.69 bits per heavy atom. The summed E-state index contributed by atoms with van der Waals surface area (Å²) in [5, 5.41) is 9.42. The van der Waals surface area contributed by atoms with Crippen molar-refractivity contribution in [3.05, 3.63) is 52.9 Å². The van der Waals surface area contributed by atoms with E-state index < -0.39 is 0 Å². The van der Waals surface area contributed by atoms with Gasteiger partial charge in [-0.2, -0.15) is 0 Å². The quantitative estimate of drug-likeness (QED) is 0.861. The summed E-state index contributed by atoms with van der Waals surface area (Å²) in [7, 11) is 0. The van der Waals surface area contributed by atoms with Gasteiger partial charge >= 0.3 is 6.03 Å². The number of hydrogen-bond donors (Lipinski definition) is 2. The van der Waals surface area contributed by atoms with Crippen LogP contribution in [0.2, 0.25) is 0 Å². The highest BCUT2D eigenvalue weighted by Gasteiger charge is 2.31. The summed E-state index contributed by atoms with van der Waals surface area (Å²) >= 11 is 0. The zero-order valence-electron chi connectivity index (χ0n) is 15.1. The Hall–Kier alpha value is -2.83. The van der Waals surface area contributed by atoms with Gasteiger partial charge in [0.05, 0.1) is 12.6 Å². The second-order valence-electron chi connectivity index (χ2n) is 6.63. The standard InChI is InChI=1S/C19H24N4O3/c1-13-5-7-15(8-6-13)11-20-19(25)21-12-18(24)23-9-3-4-17(23)16-10-14(2)26-22-16/h5-8,10,17H,3-4,9,11-12H2,1-2H3,(H2,20,21,25). The maximum absolute atomic E-state index is 12.5. The number of aromatic nitrogens is 1. The van der Waals surface area contributed by atoms with Gasteiger partial charge in [-0.1, -0.05) is 35.0 Å². The second-order valence-corrected chi connectivity index (χ2v) is 6.63. The van der Waals surface area contributed by atoms with Gasteiger partial charge in [0, 0.05) is 19.2 Å². The summed E-state index contributed by atoms with van der Waals surface area (Å²) in [5.41, 5.74) is 2.96. The summed E-state index contributed by atoms with van der Waals surface area (Å²) in [6.07, 6.45) is 1.78. The molecule has 2 aromatic rings. The number of hydrogen-bond acceptors (Lipinski definition) is 4. The molecule has 2 heterocycles. The molecular weight excluding hydrogens is 332 g/mol. The Labute approximate surface area is 152 Å². The Bertz CT molecular complexity index is 769. The molecule has 7 nitrogen and oxygen atoms in total. The molecule has 0 aliphatic carbocycles. The van der Waals surface area contributed by atoms with Crippen molar-refractivity contribution in [3.63, 3.8) is 0 Å². The van der Waals surface area contributed by atoms with Crippen LogP contribution in [-0.4, -0.2) is 35.1 Å². The summed E-state index contributed by atoms with van der Waals surface area (Å²) in [6, 6.07) is 9.36. The number of carbonyl (C=O) groups excluding carboxylic acids is 2. The van der Waals surface area contributed by atoms with Crippen molar-refractivity contribution in [2.24, 2.45) is 0 Å². The second kappa shape index (κ2) is 8.03. The molecule has 7 heteroatoms. The lowest BCUT2D eigenvalue weighted by Crippen LogP contribution is -2.43. The highest BCUT2D eigenvalue weighted by Crippen LogP contribution is 2.31. The number of urea groups is 1. The number of nitrogens with zero attached hydrogens (tertiary/aromatic N) is 2. The first-order valence-corrected chi connectivity index (χ1v) is 8.83. The molecule has 1 atom stereocenters. The zero-order valence-corrected chi connectivity index (χ0v) is 15.1. The van der Waals surface area contributed by atoms with E-state index in [4.69, 9.17) is 4.52 Å². The fourth-order valence-electron chi connectivity index (χ4n) is 3.12. The van der Waals surface area contributed by atoms with Gasteiger partial charge in [0.15, 0.2) is 0 Å². The third-order valence-corrected chi connectivity index (χ3v) is 4.53. The SMILES string of the molecule is Cc1ccc(CNC(=O)NCC(=O)N2CCCC2c2cc(C)on2)cc1. The highest BCUT2D eigenvalue weighted by molar-refractivity contribution is 5.84. The molecule has 1 fully saturated rings. The molecule has 138 valence electrons. The molecule has 26 heavy (non-hydrogen) atoms. The van der Waals surface area contributed by atoms with Gasteiger partial charge in [-0.15, -0.1) is 0 Å². The van der Waals surface area contributed by atoms with Gasteiger partial charge in [0.25, 0.3) is 0 Å². The predicted octanol–water partition coefficient (Wildman–Crippen LogP) is 2.45. The van der Waals surface area contributed by atoms with Crippen molar-refractivity contribution in [2.75, 3.05) is 13.1 Å². The van der Waals surface area contributed by atoms with Gasteiger partial charge in [0.2, 0.25) is 5.91 Å². The van der Waals surface area contributed by atoms with E-state index in [1.807, 2.05) is 44.2 Å². The largest absolute Gasteiger partial charge is 0.361 e. The van der Waals surface area contributed by atoms with Crippen LogP contribution < -0.4 is 10.6 Å². The smallest absolute Gasteiger partial charge is 0.315 e. The van der Waals surface area contributed by atoms with Crippen LogP contribution in [0.3, 0.4) is 0 Å². The van der Waals surface area contributed by atoms with Crippen LogP contribution >= 0.6 is 0 Å². The maximum Gasteiger partial charge on any atom is 0.315 e. The number of rotatable bonds is 5. The van der Waals surface area contributed by atoms with Crippen molar-refractivity contribution in [1.82, 2.24) is 20.7 Å². The number of likely N-dealkylation sites (tertiary alicyclic amines) is 1. The summed E-state index contributed by atoms with van der Waals surface area (Å²) in [6.45, 7) is 4.90. The molecule has 3 rings (SSSR count). The molecular formula is C19H24N4O3. The first-order chi connectivity index (χ1) is 12.5. The molecule has 0 bridgehead atoms. The van der Waals surface area contributed by atoms with Gasteiger partial charge in [-0.05, 0) is 32.3 Å². The Balaban J connectivity index is 1.46. The minimum absolute atomic E-state index is 0.0347. The summed E-state index contributed by atoms with van der Waals surface area (Å²) in [4.78, 5) is 26.2.